The van der Waals surface area contributed by atoms with E-state index in [2.05, 4.69) is 5.32 Å². The Morgan fingerprint density at radius 3 is 2.52 bits per heavy atom. The summed E-state index contributed by atoms with van der Waals surface area (Å²) >= 11 is 6.21. The van der Waals surface area contributed by atoms with E-state index in [1.807, 2.05) is 36.4 Å². The molecule has 0 radical (unpaired) electrons. The zero-order valence-electron chi connectivity index (χ0n) is 12.3. The number of benzene rings is 1. The van der Waals surface area contributed by atoms with E-state index in [1.165, 1.54) is 38.5 Å². The molecular formula is C18H22ClNO. The van der Waals surface area contributed by atoms with Gasteiger partial charge in [-0.3, -0.25) is 0 Å². The van der Waals surface area contributed by atoms with Crippen molar-refractivity contribution >= 4 is 11.6 Å². The number of hydrogen-bond donors (Lipinski definition) is 1. The maximum atomic E-state index is 6.21. The van der Waals surface area contributed by atoms with E-state index in [1.54, 1.807) is 0 Å². The summed E-state index contributed by atoms with van der Waals surface area (Å²) in [5.74, 6) is 1.83. The third-order valence-electron chi connectivity index (χ3n) is 4.22. The van der Waals surface area contributed by atoms with Crippen LogP contribution < -0.4 is 5.32 Å². The van der Waals surface area contributed by atoms with E-state index in [0.29, 0.717) is 6.04 Å². The average Bonchev–Trinajstić information content (AvgIpc) is 2.81. The first-order chi connectivity index (χ1) is 10.3. The normalized spacial score (nSPS) is 16.8. The minimum absolute atomic E-state index is 0.640. The van der Waals surface area contributed by atoms with Gasteiger partial charge in [0.05, 0.1) is 11.6 Å². The highest BCUT2D eigenvalue weighted by atomic mass is 35.5. The molecule has 3 rings (SSSR count). The lowest BCUT2D eigenvalue weighted by Gasteiger charge is -2.14. The molecule has 1 aromatic heterocycles. The van der Waals surface area contributed by atoms with Gasteiger partial charge in [-0.15, -0.1) is 0 Å². The van der Waals surface area contributed by atoms with Gasteiger partial charge in [-0.1, -0.05) is 49.4 Å². The van der Waals surface area contributed by atoms with Gasteiger partial charge >= 0.3 is 0 Å². The van der Waals surface area contributed by atoms with Crippen LogP contribution in [0, 0.1) is 0 Å². The lowest BCUT2D eigenvalue weighted by atomic mass is 10.1. The summed E-state index contributed by atoms with van der Waals surface area (Å²) in [5, 5.41) is 4.36. The second-order valence-electron chi connectivity index (χ2n) is 5.82. The van der Waals surface area contributed by atoms with Gasteiger partial charge in [-0.05, 0) is 37.1 Å². The van der Waals surface area contributed by atoms with Gasteiger partial charge in [-0.25, -0.2) is 0 Å². The largest absolute Gasteiger partial charge is 0.460 e. The van der Waals surface area contributed by atoms with Crippen LogP contribution in [-0.4, -0.2) is 6.04 Å². The minimum atomic E-state index is 0.640. The molecule has 1 aromatic carbocycles. The summed E-state index contributed by atoms with van der Waals surface area (Å²) in [6.45, 7) is 0.801. The molecule has 1 heterocycles. The molecule has 1 aliphatic carbocycles. The molecule has 21 heavy (non-hydrogen) atoms. The summed E-state index contributed by atoms with van der Waals surface area (Å²) in [6, 6.07) is 12.5. The Hall–Kier alpha value is -1.25. The maximum absolute atomic E-state index is 6.21. The summed E-state index contributed by atoms with van der Waals surface area (Å²) in [6.07, 6.45) is 8.04. The SMILES string of the molecule is Clc1ccccc1-c1ccc(CNC2CCCCCC2)o1. The van der Waals surface area contributed by atoms with Crippen LogP contribution in [0.1, 0.15) is 44.3 Å². The van der Waals surface area contributed by atoms with Crippen molar-refractivity contribution in [3.05, 3.63) is 47.2 Å². The fourth-order valence-corrected chi connectivity index (χ4v) is 3.24. The number of hydrogen-bond acceptors (Lipinski definition) is 2. The topological polar surface area (TPSA) is 25.2 Å². The van der Waals surface area contributed by atoms with E-state index in [9.17, 15) is 0 Å². The van der Waals surface area contributed by atoms with Crippen molar-refractivity contribution in [2.75, 3.05) is 0 Å². The highest BCUT2D eigenvalue weighted by molar-refractivity contribution is 6.33. The summed E-state index contributed by atoms with van der Waals surface area (Å²) in [4.78, 5) is 0. The molecule has 1 saturated carbocycles. The van der Waals surface area contributed by atoms with Crippen LogP contribution in [0.4, 0.5) is 0 Å². The van der Waals surface area contributed by atoms with Gasteiger partial charge in [0.15, 0.2) is 0 Å². The van der Waals surface area contributed by atoms with Crippen LogP contribution in [-0.2, 0) is 6.54 Å². The van der Waals surface area contributed by atoms with Crippen LogP contribution in [0.2, 0.25) is 5.02 Å². The molecule has 112 valence electrons. The van der Waals surface area contributed by atoms with Gasteiger partial charge in [0.2, 0.25) is 0 Å². The van der Waals surface area contributed by atoms with E-state index in [4.69, 9.17) is 16.0 Å². The Morgan fingerprint density at radius 2 is 1.76 bits per heavy atom. The molecule has 0 amide bonds. The zero-order chi connectivity index (χ0) is 14.5. The fourth-order valence-electron chi connectivity index (χ4n) is 3.01. The molecule has 0 unspecified atom stereocenters. The van der Waals surface area contributed by atoms with Crippen molar-refractivity contribution in [1.29, 1.82) is 0 Å². The zero-order valence-corrected chi connectivity index (χ0v) is 13.0. The van der Waals surface area contributed by atoms with Crippen molar-refractivity contribution < 1.29 is 4.42 Å². The van der Waals surface area contributed by atoms with E-state index >= 15 is 0 Å². The first kappa shape index (κ1) is 14.7. The molecule has 0 spiro atoms. The predicted octanol–water partition coefficient (Wildman–Crippen LogP) is 5.41. The van der Waals surface area contributed by atoms with Crippen molar-refractivity contribution in [2.24, 2.45) is 0 Å². The second kappa shape index (κ2) is 7.15. The molecule has 3 heteroatoms. The van der Waals surface area contributed by atoms with Gasteiger partial charge in [0, 0.05) is 11.6 Å². The monoisotopic (exact) mass is 303 g/mol. The fraction of sp³-hybridized carbons (Fsp3) is 0.444. The van der Waals surface area contributed by atoms with Crippen molar-refractivity contribution in [1.82, 2.24) is 5.32 Å². The standard InChI is InChI=1S/C18H22ClNO/c19-17-10-6-5-9-16(17)18-12-11-15(21-18)13-20-14-7-3-1-2-4-8-14/h5-6,9-12,14,20H,1-4,7-8,13H2. The number of rotatable bonds is 4. The van der Waals surface area contributed by atoms with E-state index in [0.717, 1.165) is 28.7 Å². The molecule has 2 nitrogen and oxygen atoms in total. The lowest BCUT2D eigenvalue weighted by Crippen LogP contribution is -2.27. The third-order valence-corrected chi connectivity index (χ3v) is 4.55. The van der Waals surface area contributed by atoms with Crippen molar-refractivity contribution in [3.8, 4) is 11.3 Å². The van der Waals surface area contributed by atoms with Crippen LogP contribution in [0.25, 0.3) is 11.3 Å². The predicted molar refractivity (Wildman–Crippen MR) is 87.5 cm³/mol. The Balaban J connectivity index is 1.61. The number of nitrogens with one attached hydrogen (secondary N) is 1. The summed E-state index contributed by atoms with van der Waals surface area (Å²) in [5.41, 5.74) is 0.958. The highest BCUT2D eigenvalue weighted by Gasteiger charge is 2.13. The van der Waals surface area contributed by atoms with E-state index < -0.39 is 0 Å². The quantitative estimate of drug-likeness (QED) is 0.764. The molecule has 1 aliphatic rings. The molecular weight excluding hydrogens is 282 g/mol. The smallest absolute Gasteiger partial charge is 0.135 e. The van der Waals surface area contributed by atoms with Gasteiger partial charge in [0.1, 0.15) is 11.5 Å². The van der Waals surface area contributed by atoms with Gasteiger partial charge in [-0.2, -0.15) is 0 Å². The molecule has 0 aliphatic heterocycles. The first-order valence-electron chi connectivity index (χ1n) is 7.90. The third kappa shape index (κ3) is 3.90. The van der Waals surface area contributed by atoms with Gasteiger partial charge < -0.3 is 9.73 Å². The lowest BCUT2D eigenvalue weighted by molar-refractivity contribution is 0.420. The summed E-state index contributed by atoms with van der Waals surface area (Å²) in [7, 11) is 0. The Kier molecular flexibility index (Phi) is 5.00. The average molecular weight is 304 g/mol. The Labute approximate surface area is 131 Å². The Morgan fingerprint density at radius 1 is 1.00 bits per heavy atom. The molecule has 0 saturated heterocycles. The number of furan rings is 1. The van der Waals surface area contributed by atoms with Crippen LogP contribution in [0.3, 0.4) is 0 Å². The van der Waals surface area contributed by atoms with Crippen molar-refractivity contribution in [2.45, 2.75) is 51.1 Å². The van der Waals surface area contributed by atoms with Crippen LogP contribution in [0.5, 0.6) is 0 Å². The van der Waals surface area contributed by atoms with Crippen molar-refractivity contribution in [3.63, 3.8) is 0 Å². The molecule has 1 fully saturated rings. The molecule has 0 bridgehead atoms. The Bertz CT molecular complexity index is 570. The van der Waals surface area contributed by atoms with Crippen LogP contribution >= 0.6 is 11.6 Å². The number of halogens is 1. The first-order valence-corrected chi connectivity index (χ1v) is 8.28. The van der Waals surface area contributed by atoms with E-state index in [-0.39, 0.29) is 0 Å². The summed E-state index contributed by atoms with van der Waals surface area (Å²) < 4.78 is 5.93. The molecule has 0 atom stereocenters. The van der Waals surface area contributed by atoms with Crippen LogP contribution in [0.15, 0.2) is 40.8 Å². The van der Waals surface area contributed by atoms with Gasteiger partial charge in [0.25, 0.3) is 0 Å². The molecule has 1 N–H and O–H groups in total. The minimum Gasteiger partial charge on any atom is -0.460 e. The molecule has 2 aromatic rings. The highest BCUT2D eigenvalue weighted by Crippen LogP contribution is 2.29. The second-order valence-corrected chi connectivity index (χ2v) is 6.22. The maximum Gasteiger partial charge on any atom is 0.135 e.